The van der Waals surface area contributed by atoms with Crippen molar-refractivity contribution in [3.05, 3.63) is 34.7 Å². The van der Waals surface area contributed by atoms with E-state index in [1.807, 2.05) is 41.5 Å². The van der Waals surface area contributed by atoms with Crippen LogP contribution in [-0.4, -0.2) is 59.8 Å². The van der Waals surface area contributed by atoms with E-state index in [-0.39, 0.29) is 24.4 Å². The highest BCUT2D eigenvalue weighted by Gasteiger charge is 2.32. The summed E-state index contributed by atoms with van der Waals surface area (Å²) < 4.78 is 0. The molecule has 0 spiro atoms. The predicted molar refractivity (Wildman–Crippen MR) is 104 cm³/mol. The maximum Gasteiger partial charge on any atom is 0.239 e. The van der Waals surface area contributed by atoms with Crippen LogP contribution in [-0.2, 0) is 9.59 Å². The van der Waals surface area contributed by atoms with Crippen LogP contribution in [0.3, 0.4) is 0 Å². The molecule has 1 aromatic carbocycles. The van der Waals surface area contributed by atoms with Crippen molar-refractivity contribution in [3.63, 3.8) is 0 Å². The van der Waals surface area contributed by atoms with Gasteiger partial charge in [-0.05, 0) is 38.4 Å². The molecule has 0 saturated carbocycles. The number of nitrogens with one attached hydrogen (secondary N) is 1. The molecule has 6 nitrogen and oxygen atoms in total. The lowest BCUT2D eigenvalue weighted by Gasteiger charge is -2.25. The number of hydrogen-bond acceptors (Lipinski definition) is 5. The Morgan fingerprint density at radius 1 is 1.38 bits per heavy atom. The van der Waals surface area contributed by atoms with Gasteiger partial charge in [0.05, 0.1) is 23.3 Å². The Hall–Kier alpha value is -2.25. The molecule has 2 heterocycles. The van der Waals surface area contributed by atoms with E-state index in [4.69, 9.17) is 0 Å². The van der Waals surface area contributed by atoms with Crippen molar-refractivity contribution >= 4 is 28.8 Å². The highest BCUT2D eigenvalue weighted by atomic mass is 32.1. The molecule has 1 N–H and O–H groups in total. The molecule has 1 aromatic heterocycles. The molecule has 138 valence electrons. The van der Waals surface area contributed by atoms with Gasteiger partial charge in [-0.3, -0.25) is 14.5 Å². The Labute approximate surface area is 157 Å². The largest absolute Gasteiger partial charge is 0.347 e. The van der Waals surface area contributed by atoms with Crippen LogP contribution in [0, 0.1) is 6.92 Å². The lowest BCUT2D eigenvalue weighted by molar-refractivity contribution is -0.133. The number of anilines is 1. The van der Waals surface area contributed by atoms with Gasteiger partial charge in [0.1, 0.15) is 0 Å². The first-order valence-electron chi connectivity index (χ1n) is 8.71. The second-order valence-corrected chi connectivity index (χ2v) is 7.80. The Bertz CT molecular complexity index is 802. The van der Waals surface area contributed by atoms with Crippen LogP contribution in [0.1, 0.15) is 17.8 Å². The first-order valence-corrected chi connectivity index (χ1v) is 9.59. The van der Waals surface area contributed by atoms with Crippen molar-refractivity contribution in [1.29, 1.82) is 0 Å². The van der Waals surface area contributed by atoms with Crippen molar-refractivity contribution in [2.45, 2.75) is 25.8 Å². The summed E-state index contributed by atoms with van der Waals surface area (Å²) >= 11 is 1.60. The number of carbonyl (C=O) groups excluding carboxylic acids is 2. The normalized spacial score (nSPS) is 17.3. The highest BCUT2D eigenvalue weighted by molar-refractivity contribution is 7.09. The highest BCUT2D eigenvalue weighted by Crippen LogP contribution is 2.24. The SMILES string of the molecule is Cc1nc(-c2cccc(NC(=O)CN3CCC[C@H]3C(=O)N(C)C)c2)cs1. The number of benzene rings is 1. The number of likely N-dealkylation sites (tertiary alicyclic amines) is 1. The average Bonchev–Trinajstić information content (AvgIpc) is 3.23. The monoisotopic (exact) mass is 372 g/mol. The summed E-state index contributed by atoms with van der Waals surface area (Å²) in [5.74, 6) is -0.0359. The van der Waals surface area contributed by atoms with Crippen LogP contribution in [0.25, 0.3) is 11.3 Å². The molecule has 3 rings (SSSR count). The molecule has 1 fully saturated rings. The molecular weight excluding hydrogens is 348 g/mol. The zero-order valence-electron chi connectivity index (χ0n) is 15.4. The smallest absolute Gasteiger partial charge is 0.239 e. The van der Waals surface area contributed by atoms with E-state index in [1.54, 1.807) is 30.3 Å². The van der Waals surface area contributed by atoms with E-state index in [0.717, 1.165) is 41.3 Å². The maximum absolute atomic E-state index is 12.5. The molecule has 0 unspecified atom stereocenters. The summed E-state index contributed by atoms with van der Waals surface area (Å²) in [4.78, 5) is 32.8. The second-order valence-electron chi connectivity index (χ2n) is 6.74. The number of likely N-dealkylation sites (N-methyl/N-ethyl adjacent to an activating group) is 1. The van der Waals surface area contributed by atoms with Gasteiger partial charge < -0.3 is 10.2 Å². The third-order valence-corrected chi connectivity index (χ3v) is 5.27. The van der Waals surface area contributed by atoms with E-state index >= 15 is 0 Å². The predicted octanol–water partition coefficient (Wildman–Crippen LogP) is 2.61. The molecule has 1 aliphatic rings. The average molecular weight is 372 g/mol. The summed E-state index contributed by atoms with van der Waals surface area (Å²) in [7, 11) is 3.51. The zero-order chi connectivity index (χ0) is 18.7. The summed E-state index contributed by atoms with van der Waals surface area (Å²) in [6.07, 6.45) is 1.75. The topological polar surface area (TPSA) is 65.5 Å². The summed E-state index contributed by atoms with van der Waals surface area (Å²) in [6.45, 7) is 2.97. The zero-order valence-corrected chi connectivity index (χ0v) is 16.2. The quantitative estimate of drug-likeness (QED) is 0.876. The Morgan fingerprint density at radius 3 is 2.88 bits per heavy atom. The molecule has 0 aliphatic carbocycles. The minimum atomic E-state index is -0.194. The van der Waals surface area contributed by atoms with Gasteiger partial charge in [0.15, 0.2) is 0 Å². The summed E-state index contributed by atoms with van der Waals surface area (Å²) in [5.41, 5.74) is 2.64. The van der Waals surface area contributed by atoms with E-state index in [2.05, 4.69) is 10.3 Å². The van der Waals surface area contributed by atoms with Crippen LogP contribution >= 0.6 is 11.3 Å². The van der Waals surface area contributed by atoms with Crippen LogP contribution in [0.2, 0.25) is 0 Å². The van der Waals surface area contributed by atoms with Crippen LogP contribution in [0.5, 0.6) is 0 Å². The van der Waals surface area contributed by atoms with Crippen molar-refractivity contribution in [2.24, 2.45) is 0 Å². The molecule has 7 heteroatoms. The van der Waals surface area contributed by atoms with E-state index < -0.39 is 0 Å². The van der Waals surface area contributed by atoms with Gasteiger partial charge in [0.2, 0.25) is 11.8 Å². The Kier molecular flexibility index (Phi) is 5.68. The molecule has 0 bridgehead atoms. The summed E-state index contributed by atoms with van der Waals surface area (Å²) in [6, 6.07) is 7.50. The third kappa shape index (κ3) is 4.28. The number of nitrogens with zero attached hydrogens (tertiary/aromatic N) is 3. The van der Waals surface area contributed by atoms with Gasteiger partial charge in [0, 0.05) is 30.7 Å². The molecular formula is C19H24N4O2S. The van der Waals surface area contributed by atoms with Gasteiger partial charge in [0.25, 0.3) is 0 Å². The second kappa shape index (κ2) is 7.97. The van der Waals surface area contributed by atoms with Crippen LogP contribution in [0.4, 0.5) is 5.69 Å². The van der Waals surface area contributed by atoms with Gasteiger partial charge in [-0.25, -0.2) is 4.98 Å². The molecule has 1 atom stereocenters. The van der Waals surface area contributed by atoms with Crippen molar-refractivity contribution < 1.29 is 9.59 Å². The van der Waals surface area contributed by atoms with Crippen molar-refractivity contribution in [2.75, 3.05) is 32.5 Å². The van der Waals surface area contributed by atoms with E-state index in [0.29, 0.717) is 0 Å². The van der Waals surface area contributed by atoms with Crippen molar-refractivity contribution in [3.8, 4) is 11.3 Å². The van der Waals surface area contributed by atoms with Gasteiger partial charge in [-0.15, -0.1) is 11.3 Å². The number of thiazole rings is 1. The maximum atomic E-state index is 12.5. The number of amides is 2. The Morgan fingerprint density at radius 2 is 2.19 bits per heavy atom. The molecule has 2 amide bonds. The van der Waals surface area contributed by atoms with Crippen LogP contribution < -0.4 is 5.32 Å². The van der Waals surface area contributed by atoms with Crippen molar-refractivity contribution in [1.82, 2.24) is 14.8 Å². The number of aromatic nitrogens is 1. The first kappa shape index (κ1) is 18.5. The fourth-order valence-electron chi connectivity index (χ4n) is 3.23. The fourth-order valence-corrected chi connectivity index (χ4v) is 3.85. The third-order valence-electron chi connectivity index (χ3n) is 4.50. The molecule has 2 aromatic rings. The first-order chi connectivity index (χ1) is 12.4. The summed E-state index contributed by atoms with van der Waals surface area (Å²) in [5, 5.41) is 5.97. The van der Waals surface area contributed by atoms with E-state index in [9.17, 15) is 9.59 Å². The molecule has 1 saturated heterocycles. The lowest BCUT2D eigenvalue weighted by Crippen LogP contribution is -2.45. The minimum absolute atomic E-state index is 0.0659. The number of carbonyl (C=O) groups is 2. The standard InChI is InChI=1S/C19H24N4O2S/c1-13-20-16(12-26-13)14-6-4-7-15(10-14)21-18(24)11-23-9-5-8-17(23)19(25)22(2)3/h4,6-7,10,12,17H,5,8-9,11H2,1-3H3,(H,21,24)/t17-/m0/s1. The Balaban J connectivity index is 1.64. The number of aryl methyl sites for hydroxylation is 1. The minimum Gasteiger partial charge on any atom is -0.347 e. The number of rotatable bonds is 5. The lowest BCUT2D eigenvalue weighted by atomic mass is 10.1. The van der Waals surface area contributed by atoms with Gasteiger partial charge in [-0.1, -0.05) is 12.1 Å². The van der Waals surface area contributed by atoms with E-state index in [1.165, 1.54) is 0 Å². The molecule has 1 aliphatic heterocycles. The van der Waals surface area contributed by atoms with Gasteiger partial charge >= 0.3 is 0 Å². The molecule has 26 heavy (non-hydrogen) atoms. The molecule has 0 radical (unpaired) electrons. The van der Waals surface area contributed by atoms with Crippen LogP contribution in [0.15, 0.2) is 29.6 Å². The number of hydrogen-bond donors (Lipinski definition) is 1. The van der Waals surface area contributed by atoms with Gasteiger partial charge in [-0.2, -0.15) is 0 Å². The fraction of sp³-hybridized carbons (Fsp3) is 0.421.